The van der Waals surface area contributed by atoms with Gasteiger partial charge in [-0.2, -0.15) is 5.10 Å². The summed E-state index contributed by atoms with van der Waals surface area (Å²) >= 11 is 0. The highest BCUT2D eigenvalue weighted by molar-refractivity contribution is 4.85. The zero-order valence-corrected chi connectivity index (χ0v) is 9.30. The van der Waals surface area contributed by atoms with Crippen molar-refractivity contribution in [3.63, 3.8) is 0 Å². The Morgan fingerprint density at radius 3 is 3.19 bits per heavy atom. The molecule has 0 spiro atoms. The number of nitrogens with one attached hydrogen (secondary N) is 1. The molecule has 1 heterocycles. The minimum atomic E-state index is -0.635. The van der Waals surface area contributed by atoms with Crippen molar-refractivity contribution >= 4 is 0 Å². The lowest BCUT2D eigenvalue weighted by molar-refractivity contribution is 0.138. The van der Waals surface area contributed by atoms with Gasteiger partial charge < -0.3 is 15.2 Å². The number of methoxy groups -OCH3 is 1. The first-order chi connectivity index (χ1) is 7.74. The van der Waals surface area contributed by atoms with Gasteiger partial charge in [0, 0.05) is 32.5 Å². The highest BCUT2D eigenvalue weighted by Crippen LogP contribution is 1.85. The number of aliphatic hydroxyl groups is 1. The summed E-state index contributed by atoms with van der Waals surface area (Å²) in [6, 6.07) is 2.99. The van der Waals surface area contributed by atoms with Crippen molar-refractivity contribution in [2.45, 2.75) is 12.6 Å². The van der Waals surface area contributed by atoms with Gasteiger partial charge in [0.15, 0.2) is 0 Å². The van der Waals surface area contributed by atoms with E-state index in [2.05, 4.69) is 10.4 Å². The molecule has 0 aliphatic heterocycles. The lowest BCUT2D eigenvalue weighted by atomic mass is 10.3. The zero-order chi connectivity index (χ0) is 11.8. The first-order valence-electron chi connectivity index (χ1n) is 5.14. The molecule has 16 heavy (non-hydrogen) atoms. The molecule has 0 bridgehead atoms. The van der Waals surface area contributed by atoms with Crippen molar-refractivity contribution in [3.05, 3.63) is 28.7 Å². The minimum absolute atomic E-state index is 0.194. The molecule has 1 aromatic heterocycles. The van der Waals surface area contributed by atoms with Crippen LogP contribution < -0.4 is 10.9 Å². The van der Waals surface area contributed by atoms with E-state index in [-0.39, 0.29) is 12.1 Å². The van der Waals surface area contributed by atoms with Crippen molar-refractivity contribution in [1.82, 2.24) is 15.1 Å². The Morgan fingerprint density at radius 1 is 1.69 bits per heavy atom. The second-order valence-corrected chi connectivity index (χ2v) is 3.39. The molecule has 6 nitrogen and oxygen atoms in total. The van der Waals surface area contributed by atoms with E-state index in [1.54, 1.807) is 13.2 Å². The van der Waals surface area contributed by atoms with Crippen LogP contribution in [0.5, 0.6) is 0 Å². The average Bonchev–Trinajstić information content (AvgIpc) is 2.28. The molecule has 90 valence electrons. The molecule has 0 aromatic carbocycles. The van der Waals surface area contributed by atoms with E-state index in [9.17, 15) is 9.90 Å². The number of hydrogen-bond donors (Lipinski definition) is 2. The maximum atomic E-state index is 11.3. The highest BCUT2D eigenvalue weighted by atomic mass is 16.5. The average molecular weight is 227 g/mol. The zero-order valence-electron chi connectivity index (χ0n) is 9.30. The summed E-state index contributed by atoms with van der Waals surface area (Å²) in [6.45, 7) is 1.87. The predicted molar refractivity (Wildman–Crippen MR) is 59.2 cm³/mol. The molecule has 1 atom stereocenters. The lowest BCUT2D eigenvalue weighted by Crippen LogP contribution is -2.35. The quantitative estimate of drug-likeness (QED) is 0.575. The first kappa shape index (κ1) is 12.8. The van der Waals surface area contributed by atoms with Crippen LogP contribution in [0.15, 0.2) is 23.1 Å². The molecule has 1 aromatic rings. The summed E-state index contributed by atoms with van der Waals surface area (Å²) in [4.78, 5) is 11.3. The molecule has 1 rings (SSSR count). The molecule has 0 saturated heterocycles. The fourth-order valence-corrected chi connectivity index (χ4v) is 1.23. The number of nitrogens with zero attached hydrogens (tertiary/aromatic N) is 2. The van der Waals surface area contributed by atoms with E-state index in [1.165, 1.54) is 16.9 Å². The summed E-state index contributed by atoms with van der Waals surface area (Å²) in [6.07, 6.45) is 0.886. The molecule has 0 amide bonds. The van der Waals surface area contributed by atoms with Crippen molar-refractivity contribution < 1.29 is 9.84 Å². The Morgan fingerprint density at radius 2 is 2.50 bits per heavy atom. The van der Waals surface area contributed by atoms with Gasteiger partial charge in [-0.15, -0.1) is 0 Å². The molecule has 2 N–H and O–H groups in total. The van der Waals surface area contributed by atoms with E-state index >= 15 is 0 Å². The van der Waals surface area contributed by atoms with Gasteiger partial charge in [0.1, 0.15) is 0 Å². The van der Waals surface area contributed by atoms with Crippen LogP contribution in [-0.4, -0.2) is 47.8 Å². The largest absolute Gasteiger partial charge is 0.390 e. The van der Waals surface area contributed by atoms with Gasteiger partial charge in [-0.1, -0.05) is 0 Å². The monoisotopic (exact) mass is 227 g/mol. The van der Waals surface area contributed by atoms with Gasteiger partial charge in [-0.25, -0.2) is 4.68 Å². The third kappa shape index (κ3) is 4.52. The van der Waals surface area contributed by atoms with Crippen LogP contribution in [0.3, 0.4) is 0 Å². The van der Waals surface area contributed by atoms with Crippen molar-refractivity contribution in [3.8, 4) is 0 Å². The maximum Gasteiger partial charge on any atom is 0.266 e. The highest BCUT2D eigenvalue weighted by Gasteiger charge is 2.05. The topological polar surface area (TPSA) is 76.4 Å². The fourth-order valence-electron chi connectivity index (χ4n) is 1.23. The first-order valence-corrected chi connectivity index (χ1v) is 5.14. The third-order valence-corrected chi connectivity index (χ3v) is 2.03. The second-order valence-electron chi connectivity index (χ2n) is 3.39. The van der Waals surface area contributed by atoms with E-state index in [4.69, 9.17) is 4.74 Å². The molecular weight excluding hydrogens is 210 g/mol. The number of rotatable bonds is 7. The Kier molecular flexibility index (Phi) is 5.69. The molecule has 1 unspecified atom stereocenters. The van der Waals surface area contributed by atoms with E-state index in [0.29, 0.717) is 19.7 Å². The van der Waals surface area contributed by atoms with Crippen LogP contribution in [0.2, 0.25) is 0 Å². The SMILES string of the molecule is COCCNCC(O)Cn1ncccc1=O. The van der Waals surface area contributed by atoms with Crippen LogP contribution in [-0.2, 0) is 11.3 Å². The fraction of sp³-hybridized carbons (Fsp3) is 0.600. The van der Waals surface area contributed by atoms with E-state index < -0.39 is 6.10 Å². The standard InChI is InChI=1S/C10H17N3O3/c1-16-6-5-11-7-9(14)8-13-10(15)3-2-4-12-13/h2-4,9,11,14H,5-8H2,1H3. The maximum absolute atomic E-state index is 11.3. The molecule has 0 aliphatic carbocycles. The Balaban J connectivity index is 2.31. The number of hydrogen-bond acceptors (Lipinski definition) is 5. The Labute approximate surface area is 93.9 Å². The van der Waals surface area contributed by atoms with Gasteiger partial charge in [0.2, 0.25) is 0 Å². The van der Waals surface area contributed by atoms with E-state index in [1.807, 2.05) is 0 Å². The smallest absolute Gasteiger partial charge is 0.266 e. The normalized spacial score (nSPS) is 12.6. The van der Waals surface area contributed by atoms with Crippen LogP contribution in [0.25, 0.3) is 0 Å². The van der Waals surface area contributed by atoms with Crippen LogP contribution in [0.1, 0.15) is 0 Å². The van der Waals surface area contributed by atoms with Gasteiger partial charge in [-0.3, -0.25) is 4.79 Å². The van der Waals surface area contributed by atoms with E-state index in [0.717, 1.165) is 0 Å². The number of aromatic nitrogens is 2. The van der Waals surface area contributed by atoms with Crippen molar-refractivity contribution in [2.24, 2.45) is 0 Å². The molecule has 0 aliphatic rings. The van der Waals surface area contributed by atoms with Crippen LogP contribution >= 0.6 is 0 Å². The van der Waals surface area contributed by atoms with Crippen LogP contribution in [0, 0.1) is 0 Å². The Bertz CT molecular complexity index is 353. The lowest BCUT2D eigenvalue weighted by Gasteiger charge is -2.12. The van der Waals surface area contributed by atoms with Gasteiger partial charge in [0.05, 0.1) is 19.3 Å². The molecule has 0 saturated carbocycles. The van der Waals surface area contributed by atoms with Gasteiger partial charge >= 0.3 is 0 Å². The molecule has 6 heteroatoms. The summed E-state index contributed by atoms with van der Waals surface area (Å²) in [5, 5.41) is 16.5. The predicted octanol–water partition coefficient (Wildman–Crippen LogP) is -1.16. The third-order valence-electron chi connectivity index (χ3n) is 2.03. The summed E-state index contributed by atoms with van der Waals surface area (Å²) in [5.41, 5.74) is -0.210. The molecular formula is C10H17N3O3. The second kappa shape index (κ2) is 7.10. The molecule has 0 fully saturated rings. The van der Waals surface area contributed by atoms with Crippen molar-refractivity contribution in [1.29, 1.82) is 0 Å². The van der Waals surface area contributed by atoms with Gasteiger partial charge in [-0.05, 0) is 6.07 Å². The van der Waals surface area contributed by atoms with Crippen LogP contribution in [0.4, 0.5) is 0 Å². The van der Waals surface area contributed by atoms with Crippen molar-refractivity contribution in [2.75, 3.05) is 26.8 Å². The minimum Gasteiger partial charge on any atom is -0.390 e. The van der Waals surface area contributed by atoms with Gasteiger partial charge in [0.25, 0.3) is 5.56 Å². The summed E-state index contributed by atoms with van der Waals surface area (Å²) < 4.78 is 6.09. The number of aliphatic hydroxyl groups excluding tert-OH is 1. The number of ether oxygens (including phenoxy) is 1. The summed E-state index contributed by atoms with van der Waals surface area (Å²) in [7, 11) is 1.62. The summed E-state index contributed by atoms with van der Waals surface area (Å²) in [5.74, 6) is 0. The Hall–Kier alpha value is -1.24. The molecule has 0 radical (unpaired) electrons.